The molecular weight excluding hydrogens is 198 g/mol. The largest absolute Gasteiger partial charge is 0.508 e. The minimum absolute atomic E-state index is 0.0267. The van der Waals surface area contributed by atoms with Crippen LogP contribution in [0.25, 0.3) is 0 Å². The summed E-state index contributed by atoms with van der Waals surface area (Å²) in [5, 5.41) is 9.42. The van der Waals surface area contributed by atoms with Crippen molar-refractivity contribution >= 4 is 0 Å². The lowest BCUT2D eigenvalue weighted by atomic mass is 9.79. The minimum Gasteiger partial charge on any atom is -0.508 e. The maximum absolute atomic E-state index is 9.42. The van der Waals surface area contributed by atoms with Gasteiger partial charge in [-0.2, -0.15) is 0 Å². The number of hydrogen-bond acceptors (Lipinski definition) is 2. The van der Waals surface area contributed by atoms with Gasteiger partial charge in [-0.15, -0.1) is 0 Å². The number of nitrogens with two attached hydrogens (primary N) is 1. The lowest BCUT2D eigenvalue weighted by Gasteiger charge is -2.27. The maximum atomic E-state index is 9.42. The molecule has 86 valence electrons. The molecule has 0 aliphatic heterocycles. The molecule has 2 heteroatoms. The van der Waals surface area contributed by atoms with Crippen LogP contribution in [0.3, 0.4) is 0 Å². The number of rotatable bonds is 3. The van der Waals surface area contributed by atoms with Crippen LogP contribution in [0.1, 0.15) is 31.2 Å². The normalized spacial score (nSPS) is 33.4. The van der Waals surface area contributed by atoms with Gasteiger partial charge < -0.3 is 10.8 Å². The highest BCUT2D eigenvalue weighted by molar-refractivity contribution is 5.30. The zero-order valence-corrected chi connectivity index (χ0v) is 9.52. The zero-order chi connectivity index (χ0) is 11.2. The van der Waals surface area contributed by atoms with Crippen molar-refractivity contribution < 1.29 is 5.11 Å². The lowest BCUT2D eigenvalue weighted by molar-refractivity contribution is 0.257. The van der Waals surface area contributed by atoms with Crippen LogP contribution in [-0.2, 0) is 6.42 Å². The summed E-state index contributed by atoms with van der Waals surface area (Å²) in [5.74, 6) is 1.98. The number of phenolic OH excluding ortho intramolecular Hbond substituents is 1. The molecule has 2 unspecified atom stereocenters. The standard InChI is InChI=1S/C14H19NO/c15-14(9-13(14)11-4-2-5-11)8-10-3-1-6-12(16)7-10/h1,3,6-7,11,13,16H,2,4-5,8-9,15H2. The zero-order valence-electron chi connectivity index (χ0n) is 9.52. The Morgan fingerprint density at radius 2 is 2.19 bits per heavy atom. The molecule has 0 spiro atoms. The molecule has 0 bridgehead atoms. The van der Waals surface area contributed by atoms with Crippen LogP contribution in [0.15, 0.2) is 24.3 Å². The molecule has 0 amide bonds. The van der Waals surface area contributed by atoms with Gasteiger partial charge in [0.05, 0.1) is 0 Å². The fraction of sp³-hybridized carbons (Fsp3) is 0.571. The molecule has 0 aromatic heterocycles. The lowest BCUT2D eigenvalue weighted by Crippen LogP contribution is -2.32. The van der Waals surface area contributed by atoms with Crippen LogP contribution < -0.4 is 5.73 Å². The Morgan fingerprint density at radius 3 is 2.81 bits per heavy atom. The summed E-state index contributed by atoms with van der Waals surface area (Å²) in [6.45, 7) is 0. The first-order chi connectivity index (χ1) is 7.67. The SMILES string of the molecule is NC1(Cc2cccc(O)c2)CC1C1CCC1. The quantitative estimate of drug-likeness (QED) is 0.817. The smallest absolute Gasteiger partial charge is 0.115 e. The maximum Gasteiger partial charge on any atom is 0.115 e. The fourth-order valence-corrected chi connectivity index (χ4v) is 3.08. The number of phenols is 1. The first kappa shape index (κ1) is 10.2. The van der Waals surface area contributed by atoms with E-state index < -0.39 is 0 Å². The molecule has 2 atom stereocenters. The number of aromatic hydroxyl groups is 1. The monoisotopic (exact) mass is 217 g/mol. The van der Waals surface area contributed by atoms with E-state index in [0.717, 1.165) is 18.3 Å². The van der Waals surface area contributed by atoms with E-state index in [9.17, 15) is 5.11 Å². The van der Waals surface area contributed by atoms with Gasteiger partial charge in [0, 0.05) is 5.54 Å². The van der Waals surface area contributed by atoms with Crippen LogP contribution >= 0.6 is 0 Å². The Labute approximate surface area is 96.5 Å². The van der Waals surface area contributed by atoms with Crippen molar-refractivity contribution in [1.29, 1.82) is 0 Å². The van der Waals surface area contributed by atoms with Crippen LogP contribution in [0.5, 0.6) is 5.75 Å². The average molecular weight is 217 g/mol. The Morgan fingerprint density at radius 1 is 1.38 bits per heavy atom. The fourth-order valence-electron chi connectivity index (χ4n) is 3.08. The van der Waals surface area contributed by atoms with Gasteiger partial charge in [0.25, 0.3) is 0 Å². The second kappa shape index (κ2) is 3.49. The molecule has 1 aromatic rings. The Bertz CT molecular complexity index is 399. The summed E-state index contributed by atoms with van der Waals surface area (Å²) in [4.78, 5) is 0. The Kier molecular flexibility index (Phi) is 2.21. The molecule has 0 heterocycles. The predicted molar refractivity (Wildman–Crippen MR) is 64.2 cm³/mol. The van der Waals surface area contributed by atoms with E-state index in [1.165, 1.54) is 31.2 Å². The summed E-state index contributed by atoms with van der Waals surface area (Å²) in [6.07, 6.45) is 6.24. The van der Waals surface area contributed by atoms with E-state index in [1.54, 1.807) is 6.07 Å². The highest BCUT2D eigenvalue weighted by Gasteiger charge is 2.55. The molecule has 2 aliphatic carbocycles. The molecular formula is C14H19NO. The number of hydrogen-bond donors (Lipinski definition) is 2. The topological polar surface area (TPSA) is 46.2 Å². The predicted octanol–water partition coefficient (Wildman–Crippen LogP) is 2.45. The highest BCUT2D eigenvalue weighted by atomic mass is 16.3. The van der Waals surface area contributed by atoms with Crippen LogP contribution in [0.4, 0.5) is 0 Å². The molecule has 3 N–H and O–H groups in total. The van der Waals surface area contributed by atoms with E-state index in [1.807, 2.05) is 12.1 Å². The van der Waals surface area contributed by atoms with Crippen LogP contribution in [0, 0.1) is 11.8 Å². The number of benzene rings is 1. The second-order valence-electron chi connectivity index (χ2n) is 5.58. The van der Waals surface area contributed by atoms with Crippen molar-refractivity contribution in [3.8, 4) is 5.75 Å². The highest BCUT2D eigenvalue weighted by Crippen LogP contribution is 2.54. The summed E-state index contributed by atoms with van der Waals surface area (Å²) in [6, 6.07) is 7.51. The molecule has 2 nitrogen and oxygen atoms in total. The molecule has 0 saturated heterocycles. The third-order valence-corrected chi connectivity index (χ3v) is 4.34. The summed E-state index contributed by atoms with van der Waals surface area (Å²) in [7, 11) is 0. The summed E-state index contributed by atoms with van der Waals surface area (Å²) in [5.41, 5.74) is 7.60. The van der Waals surface area contributed by atoms with Crippen molar-refractivity contribution in [3.05, 3.63) is 29.8 Å². The summed E-state index contributed by atoms with van der Waals surface area (Å²) < 4.78 is 0. The molecule has 16 heavy (non-hydrogen) atoms. The third kappa shape index (κ3) is 1.71. The van der Waals surface area contributed by atoms with Crippen molar-refractivity contribution in [2.45, 2.75) is 37.6 Å². The average Bonchev–Trinajstić information content (AvgIpc) is 2.73. The van der Waals surface area contributed by atoms with Crippen molar-refractivity contribution in [3.63, 3.8) is 0 Å². The van der Waals surface area contributed by atoms with E-state index in [0.29, 0.717) is 5.75 Å². The van der Waals surface area contributed by atoms with Crippen molar-refractivity contribution in [1.82, 2.24) is 0 Å². The third-order valence-electron chi connectivity index (χ3n) is 4.34. The molecule has 0 radical (unpaired) electrons. The minimum atomic E-state index is 0.0267. The molecule has 3 rings (SSSR count). The van der Waals surface area contributed by atoms with Gasteiger partial charge in [0.1, 0.15) is 5.75 Å². The van der Waals surface area contributed by atoms with E-state index >= 15 is 0 Å². The van der Waals surface area contributed by atoms with E-state index in [2.05, 4.69) is 6.07 Å². The molecule has 2 aliphatic rings. The summed E-state index contributed by atoms with van der Waals surface area (Å²) >= 11 is 0. The van der Waals surface area contributed by atoms with Gasteiger partial charge in [-0.25, -0.2) is 0 Å². The van der Waals surface area contributed by atoms with Crippen molar-refractivity contribution in [2.24, 2.45) is 17.6 Å². The van der Waals surface area contributed by atoms with Gasteiger partial charge in [0.15, 0.2) is 0 Å². The Hall–Kier alpha value is -1.02. The van der Waals surface area contributed by atoms with Gasteiger partial charge >= 0.3 is 0 Å². The second-order valence-corrected chi connectivity index (χ2v) is 5.58. The van der Waals surface area contributed by atoms with E-state index in [-0.39, 0.29) is 5.54 Å². The van der Waals surface area contributed by atoms with E-state index in [4.69, 9.17) is 5.73 Å². The Balaban J connectivity index is 1.67. The van der Waals surface area contributed by atoms with Crippen LogP contribution in [-0.4, -0.2) is 10.6 Å². The molecule has 1 aromatic carbocycles. The van der Waals surface area contributed by atoms with Crippen molar-refractivity contribution in [2.75, 3.05) is 0 Å². The molecule has 2 saturated carbocycles. The van der Waals surface area contributed by atoms with Gasteiger partial charge in [-0.3, -0.25) is 0 Å². The van der Waals surface area contributed by atoms with Gasteiger partial charge in [-0.05, 0) is 42.4 Å². The first-order valence-electron chi connectivity index (χ1n) is 6.24. The van der Waals surface area contributed by atoms with Crippen LogP contribution in [0.2, 0.25) is 0 Å². The molecule has 2 fully saturated rings. The van der Waals surface area contributed by atoms with Gasteiger partial charge in [-0.1, -0.05) is 31.4 Å². The first-order valence-corrected chi connectivity index (χ1v) is 6.24. The van der Waals surface area contributed by atoms with Gasteiger partial charge in [0.2, 0.25) is 0 Å².